The van der Waals surface area contributed by atoms with Gasteiger partial charge in [0, 0.05) is 12.0 Å². The SMILES string of the molecule is COc1ccc(O)c(CC(N)=S)c1. The molecular formula is C9H11NO2S. The fourth-order valence-corrected chi connectivity index (χ4v) is 1.17. The summed E-state index contributed by atoms with van der Waals surface area (Å²) in [6.07, 6.45) is 0.387. The Morgan fingerprint density at radius 2 is 2.31 bits per heavy atom. The Balaban J connectivity index is 2.96. The van der Waals surface area contributed by atoms with Crippen LogP contribution in [0.5, 0.6) is 11.5 Å². The first-order valence-electron chi connectivity index (χ1n) is 3.77. The fourth-order valence-electron chi connectivity index (χ4n) is 1.02. The van der Waals surface area contributed by atoms with Crippen molar-refractivity contribution in [3.8, 4) is 11.5 Å². The minimum Gasteiger partial charge on any atom is -0.508 e. The predicted octanol–water partition coefficient (Wildman–Crippen LogP) is 1.23. The van der Waals surface area contributed by atoms with E-state index >= 15 is 0 Å². The molecule has 0 saturated carbocycles. The van der Waals surface area contributed by atoms with Gasteiger partial charge in [0.2, 0.25) is 0 Å². The summed E-state index contributed by atoms with van der Waals surface area (Å²) in [4.78, 5) is 0.351. The van der Waals surface area contributed by atoms with E-state index in [9.17, 15) is 5.11 Å². The van der Waals surface area contributed by atoms with Gasteiger partial charge < -0.3 is 15.6 Å². The summed E-state index contributed by atoms with van der Waals surface area (Å²) in [5.74, 6) is 0.873. The number of hydrogen-bond acceptors (Lipinski definition) is 3. The molecule has 1 aromatic carbocycles. The number of rotatable bonds is 3. The molecule has 1 aromatic rings. The lowest BCUT2D eigenvalue weighted by molar-refractivity contribution is 0.411. The van der Waals surface area contributed by atoms with E-state index < -0.39 is 0 Å². The molecule has 0 fully saturated rings. The quantitative estimate of drug-likeness (QED) is 0.716. The van der Waals surface area contributed by atoms with E-state index in [2.05, 4.69) is 0 Å². The van der Waals surface area contributed by atoms with Gasteiger partial charge in [0.15, 0.2) is 0 Å². The number of phenols is 1. The van der Waals surface area contributed by atoms with Crippen LogP contribution in [0.1, 0.15) is 5.56 Å². The Labute approximate surface area is 82.1 Å². The van der Waals surface area contributed by atoms with Crippen LogP contribution in [0.25, 0.3) is 0 Å². The van der Waals surface area contributed by atoms with E-state index in [-0.39, 0.29) is 5.75 Å². The topological polar surface area (TPSA) is 55.5 Å². The Morgan fingerprint density at radius 1 is 1.62 bits per heavy atom. The Morgan fingerprint density at radius 3 is 2.85 bits per heavy atom. The molecule has 0 bridgehead atoms. The number of benzene rings is 1. The lowest BCUT2D eigenvalue weighted by Gasteiger charge is -2.05. The summed E-state index contributed by atoms with van der Waals surface area (Å²) in [6, 6.07) is 4.96. The first-order valence-corrected chi connectivity index (χ1v) is 4.18. The predicted molar refractivity (Wildman–Crippen MR) is 55.1 cm³/mol. The van der Waals surface area contributed by atoms with E-state index in [0.717, 1.165) is 0 Å². The minimum absolute atomic E-state index is 0.189. The second-order valence-electron chi connectivity index (χ2n) is 2.64. The van der Waals surface area contributed by atoms with Gasteiger partial charge in [-0.1, -0.05) is 12.2 Å². The number of aromatic hydroxyl groups is 1. The van der Waals surface area contributed by atoms with Crippen molar-refractivity contribution in [2.75, 3.05) is 7.11 Å². The first kappa shape index (κ1) is 9.80. The zero-order valence-electron chi connectivity index (χ0n) is 7.28. The molecule has 4 heteroatoms. The average molecular weight is 197 g/mol. The molecule has 0 atom stereocenters. The summed E-state index contributed by atoms with van der Waals surface area (Å²) in [6.45, 7) is 0. The van der Waals surface area contributed by atoms with Crippen molar-refractivity contribution in [3.63, 3.8) is 0 Å². The number of ether oxygens (including phenoxy) is 1. The second kappa shape index (κ2) is 4.09. The van der Waals surface area contributed by atoms with Gasteiger partial charge in [-0.25, -0.2) is 0 Å². The molecule has 0 saturated heterocycles. The van der Waals surface area contributed by atoms with Crippen molar-refractivity contribution in [1.29, 1.82) is 0 Å². The van der Waals surface area contributed by atoms with Gasteiger partial charge in [-0.2, -0.15) is 0 Å². The zero-order valence-corrected chi connectivity index (χ0v) is 8.10. The van der Waals surface area contributed by atoms with Gasteiger partial charge in [0.05, 0.1) is 12.1 Å². The van der Waals surface area contributed by atoms with Crippen molar-refractivity contribution >= 4 is 17.2 Å². The van der Waals surface area contributed by atoms with Crippen molar-refractivity contribution in [1.82, 2.24) is 0 Å². The summed E-state index contributed by atoms with van der Waals surface area (Å²) >= 11 is 4.74. The molecule has 3 N–H and O–H groups in total. The highest BCUT2D eigenvalue weighted by Crippen LogP contribution is 2.23. The summed E-state index contributed by atoms with van der Waals surface area (Å²) in [7, 11) is 1.57. The second-order valence-corrected chi connectivity index (χ2v) is 3.16. The van der Waals surface area contributed by atoms with Gasteiger partial charge in [-0.3, -0.25) is 0 Å². The van der Waals surface area contributed by atoms with Gasteiger partial charge in [0.25, 0.3) is 0 Å². The maximum Gasteiger partial charge on any atom is 0.119 e. The molecule has 0 spiro atoms. The van der Waals surface area contributed by atoms with Crippen molar-refractivity contribution in [2.24, 2.45) is 5.73 Å². The number of methoxy groups -OCH3 is 1. The molecule has 1 rings (SSSR count). The van der Waals surface area contributed by atoms with E-state index in [0.29, 0.717) is 22.7 Å². The van der Waals surface area contributed by atoms with Crippen molar-refractivity contribution in [3.05, 3.63) is 23.8 Å². The highest BCUT2D eigenvalue weighted by molar-refractivity contribution is 7.80. The van der Waals surface area contributed by atoms with E-state index in [4.69, 9.17) is 22.7 Å². The summed E-state index contributed by atoms with van der Waals surface area (Å²) in [5, 5.41) is 9.41. The maximum atomic E-state index is 9.41. The highest BCUT2D eigenvalue weighted by atomic mass is 32.1. The molecular weight excluding hydrogens is 186 g/mol. The van der Waals surface area contributed by atoms with Crippen LogP contribution < -0.4 is 10.5 Å². The molecule has 0 radical (unpaired) electrons. The lowest BCUT2D eigenvalue weighted by atomic mass is 10.1. The van der Waals surface area contributed by atoms with Gasteiger partial charge in [-0.05, 0) is 18.2 Å². The van der Waals surface area contributed by atoms with Crippen LogP contribution in [0.4, 0.5) is 0 Å². The summed E-state index contributed by atoms with van der Waals surface area (Å²) < 4.78 is 5.00. The monoisotopic (exact) mass is 197 g/mol. The fraction of sp³-hybridized carbons (Fsp3) is 0.222. The minimum atomic E-state index is 0.189. The number of hydrogen-bond donors (Lipinski definition) is 2. The van der Waals surface area contributed by atoms with E-state index in [1.807, 2.05) is 0 Å². The molecule has 0 aliphatic rings. The molecule has 0 aliphatic carbocycles. The molecule has 0 aromatic heterocycles. The van der Waals surface area contributed by atoms with Crippen LogP contribution in [-0.2, 0) is 6.42 Å². The maximum absolute atomic E-state index is 9.41. The normalized spacial score (nSPS) is 9.62. The molecule has 70 valence electrons. The average Bonchev–Trinajstić information content (AvgIpc) is 2.08. The van der Waals surface area contributed by atoms with Gasteiger partial charge in [-0.15, -0.1) is 0 Å². The third-order valence-electron chi connectivity index (χ3n) is 1.65. The Hall–Kier alpha value is -1.29. The number of nitrogens with two attached hydrogens (primary N) is 1. The number of phenolic OH excluding ortho intramolecular Hbond substituents is 1. The van der Waals surface area contributed by atoms with E-state index in [1.165, 1.54) is 0 Å². The summed E-state index contributed by atoms with van der Waals surface area (Å²) in [5.41, 5.74) is 6.05. The lowest BCUT2D eigenvalue weighted by Crippen LogP contribution is -2.11. The Kier molecular flexibility index (Phi) is 3.08. The van der Waals surface area contributed by atoms with Gasteiger partial charge >= 0.3 is 0 Å². The molecule has 0 aliphatic heterocycles. The van der Waals surface area contributed by atoms with Crippen molar-refractivity contribution < 1.29 is 9.84 Å². The largest absolute Gasteiger partial charge is 0.508 e. The van der Waals surface area contributed by atoms with Crippen LogP contribution in [0.15, 0.2) is 18.2 Å². The van der Waals surface area contributed by atoms with Crippen LogP contribution in [-0.4, -0.2) is 17.2 Å². The third kappa shape index (κ3) is 2.59. The van der Waals surface area contributed by atoms with Crippen LogP contribution in [0.2, 0.25) is 0 Å². The molecule has 0 amide bonds. The highest BCUT2D eigenvalue weighted by Gasteiger charge is 2.03. The first-order chi connectivity index (χ1) is 6.13. The Bertz CT molecular complexity index is 325. The van der Waals surface area contributed by atoms with Gasteiger partial charge in [0.1, 0.15) is 11.5 Å². The molecule has 3 nitrogen and oxygen atoms in total. The van der Waals surface area contributed by atoms with E-state index in [1.54, 1.807) is 25.3 Å². The number of thiocarbonyl (C=S) groups is 1. The molecule has 0 unspecified atom stereocenters. The smallest absolute Gasteiger partial charge is 0.119 e. The standard InChI is InChI=1S/C9H11NO2S/c1-12-7-2-3-8(11)6(4-7)5-9(10)13/h2-4,11H,5H2,1H3,(H2,10,13). The van der Waals surface area contributed by atoms with Crippen molar-refractivity contribution in [2.45, 2.75) is 6.42 Å². The molecule has 0 heterocycles. The third-order valence-corrected chi connectivity index (χ3v) is 1.80. The van der Waals surface area contributed by atoms with Crippen LogP contribution in [0.3, 0.4) is 0 Å². The van der Waals surface area contributed by atoms with Crippen LogP contribution in [0, 0.1) is 0 Å². The zero-order chi connectivity index (χ0) is 9.84. The molecule has 13 heavy (non-hydrogen) atoms. The van der Waals surface area contributed by atoms with Crippen LogP contribution >= 0.6 is 12.2 Å².